The summed E-state index contributed by atoms with van der Waals surface area (Å²) >= 11 is 0. The Hall–Kier alpha value is -1.56. The molecular formula is C10H13N5O. The van der Waals surface area contributed by atoms with Crippen LogP contribution >= 0.6 is 0 Å². The molecule has 1 aliphatic carbocycles. The normalized spacial score (nSPS) is 33.4. The Morgan fingerprint density at radius 1 is 1.44 bits per heavy atom. The van der Waals surface area contributed by atoms with Gasteiger partial charge in [-0.2, -0.15) is 0 Å². The van der Waals surface area contributed by atoms with Crippen LogP contribution in [-0.2, 0) is 4.79 Å². The number of aliphatic imine (C=N–C) groups is 3. The fraction of sp³-hybridized carbons (Fsp3) is 0.600. The third kappa shape index (κ3) is 1.30. The van der Waals surface area contributed by atoms with Crippen LogP contribution < -0.4 is 11.1 Å². The maximum atomic E-state index is 11.8. The van der Waals surface area contributed by atoms with E-state index in [1.54, 1.807) is 0 Å². The second-order valence-electron chi connectivity index (χ2n) is 4.42. The van der Waals surface area contributed by atoms with E-state index in [1.807, 2.05) is 0 Å². The Labute approximate surface area is 92.7 Å². The maximum absolute atomic E-state index is 11.8. The number of nitrogens with zero attached hydrogens (tertiary/aromatic N) is 3. The Bertz CT molecular complexity index is 432. The van der Waals surface area contributed by atoms with E-state index in [0.29, 0.717) is 5.84 Å². The minimum atomic E-state index is -0.983. The van der Waals surface area contributed by atoms with Gasteiger partial charge in [0.1, 0.15) is 6.34 Å². The summed E-state index contributed by atoms with van der Waals surface area (Å²) in [5.41, 5.74) is 6.44. The first-order valence-electron chi connectivity index (χ1n) is 5.51. The number of amides is 1. The molecule has 1 saturated carbocycles. The van der Waals surface area contributed by atoms with Crippen LogP contribution in [0.25, 0.3) is 0 Å². The number of hydrogen-bond acceptors (Lipinski definition) is 5. The second-order valence-corrected chi connectivity index (χ2v) is 4.42. The van der Waals surface area contributed by atoms with Gasteiger partial charge in [-0.3, -0.25) is 10.5 Å². The van der Waals surface area contributed by atoms with Crippen molar-refractivity contribution in [3.63, 3.8) is 0 Å². The number of hydrogen-bond donors (Lipinski definition) is 2. The highest BCUT2D eigenvalue weighted by Crippen LogP contribution is 2.33. The standard InChI is InChI=1S/C10H13N5O/c11-10(6-3-1-2-4-6)14-8-7(9(16)15-10)12-5-13-8/h5-6H,1-4,11H2,(H,15,16). The predicted octanol–water partition coefficient (Wildman–Crippen LogP) is -0.200. The van der Waals surface area contributed by atoms with Gasteiger partial charge >= 0.3 is 0 Å². The molecule has 0 bridgehead atoms. The number of carbonyl (C=O) groups is 1. The summed E-state index contributed by atoms with van der Waals surface area (Å²) in [6.45, 7) is 0. The lowest BCUT2D eigenvalue weighted by Gasteiger charge is -2.34. The monoisotopic (exact) mass is 219 g/mol. The van der Waals surface area contributed by atoms with Crippen LogP contribution in [-0.4, -0.2) is 29.6 Å². The van der Waals surface area contributed by atoms with Crippen molar-refractivity contribution in [2.24, 2.45) is 26.6 Å². The molecule has 6 heteroatoms. The molecule has 2 heterocycles. The molecule has 0 spiro atoms. The zero-order valence-corrected chi connectivity index (χ0v) is 8.81. The topological polar surface area (TPSA) is 92.2 Å². The number of fused-ring (bicyclic) bond motifs is 1. The molecule has 3 aliphatic rings. The van der Waals surface area contributed by atoms with Crippen molar-refractivity contribution >= 4 is 23.8 Å². The molecule has 1 atom stereocenters. The van der Waals surface area contributed by atoms with Crippen LogP contribution in [0.1, 0.15) is 25.7 Å². The van der Waals surface area contributed by atoms with Crippen LogP contribution in [0.4, 0.5) is 0 Å². The van der Waals surface area contributed by atoms with Gasteiger partial charge in [-0.05, 0) is 12.8 Å². The van der Waals surface area contributed by atoms with Crippen LogP contribution in [0.5, 0.6) is 0 Å². The van der Waals surface area contributed by atoms with E-state index in [0.717, 1.165) is 25.7 Å². The minimum absolute atomic E-state index is 0.210. The molecule has 3 N–H and O–H groups in total. The zero-order chi connectivity index (χ0) is 11.2. The van der Waals surface area contributed by atoms with Crippen LogP contribution in [0.3, 0.4) is 0 Å². The molecular weight excluding hydrogens is 206 g/mol. The summed E-state index contributed by atoms with van der Waals surface area (Å²) in [6, 6.07) is 0. The highest BCUT2D eigenvalue weighted by molar-refractivity contribution is 6.69. The quantitative estimate of drug-likeness (QED) is 0.639. The molecule has 0 saturated heterocycles. The summed E-state index contributed by atoms with van der Waals surface area (Å²) in [5.74, 6) is -0.666. The zero-order valence-electron chi connectivity index (χ0n) is 8.81. The van der Waals surface area contributed by atoms with E-state index in [2.05, 4.69) is 20.3 Å². The molecule has 1 fully saturated rings. The average molecular weight is 219 g/mol. The lowest BCUT2D eigenvalue weighted by atomic mass is 9.97. The lowest BCUT2D eigenvalue weighted by molar-refractivity contribution is -0.117. The molecule has 1 unspecified atom stereocenters. The molecule has 0 aromatic heterocycles. The van der Waals surface area contributed by atoms with E-state index >= 15 is 0 Å². The fourth-order valence-corrected chi connectivity index (χ4v) is 2.51. The van der Waals surface area contributed by atoms with Crippen molar-refractivity contribution in [3.05, 3.63) is 0 Å². The third-order valence-corrected chi connectivity index (χ3v) is 3.38. The van der Waals surface area contributed by atoms with E-state index in [4.69, 9.17) is 5.73 Å². The molecule has 0 aromatic rings. The van der Waals surface area contributed by atoms with Crippen LogP contribution in [0, 0.1) is 5.92 Å². The third-order valence-electron chi connectivity index (χ3n) is 3.38. The van der Waals surface area contributed by atoms with Crippen LogP contribution in [0.15, 0.2) is 15.0 Å². The first-order valence-corrected chi connectivity index (χ1v) is 5.51. The largest absolute Gasteiger partial charge is 0.314 e. The molecule has 16 heavy (non-hydrogen) atoms. The number of nitrogens with one attached hydrogen (secondary N) is 1. The van der Waals surface area contributed by atoms with Gasteiger partial charge in [0.25, 0.3) is 5.91 Å². The second kappa shape index (κ2) is 3.21. The Balaban J connectivity index is 1.97. The average Bonchev–Trinajstić information content (AvgIpc) is 2.86. The molecule has 0 aromatic carbocycles. The lowest BCUT2D eigenvalue weighted by Crippen LogP contribution is -2.64. The predicted molar refractivity (Wildman–Crippen MR) is 60.4 cm³/mol. The van der Waals surface area contributed by atoms with E-state index in [1.165, 1.54) is 6.34 Å². The molecule has 1 amide bonds. The van der Waals surface area contributed by atoms with Crippen molar-refractivity contribution in [2.75, 3.05) is 0 Å². The summed E-state index contributed by atoms with van der Waals surface area (Å²) in [5, 5.41) is 2.75. The molecule has 3 rings (SSSR count). The SMILES string of the molecule is NC1(C2CCCC2)N=C2N=CN=C2C(=O)N1. The molecule has 6 nitrogen and oxygen atoms in total. The van der Waals surface area contributed by atoms with E-state index < -0.39 is 5.79 Å². The number of rotatable bonds is 1. The van der Waals surface area contributed by atoms with Gasteiger partial charge < -0.3 is 5.32 Å². The number of carbonyl (C=O) groups excluding carboxylic acids is 1. The maximum Gasteiger partial charge on any atom is 0.276 e. The number of nitrogens with two attached hydrogens (primary N) is 1. The van der Waals surface area contributed by atoms with E-state index in [-0.39, 0.29) is 17.5 Å². The van der Waals surface area contributed by atoms with Crippen molar-refractivity contribution < 1.29 is 4.79 Å². The molecule has 2 aliphatic heterocycles. The first-order chi connectivity index (χ1) is 7.69. The summed E-state index contributed by atoms with van der Waals surface area (Å²) < 4.78 is 0. The smallest absolute Gasteiger partial charge is 0.276 e. The van der Waals surface area contributed by atoms with Gasteiger partial charge in [-0.1, -0.05) is 12.8 Å². The van der Waals surface area contributed by atoms with Crippen molar-refractivity contribution in [1.82, 2.24) is 5.32 Å². The first kappa shape index (κ1) is 9.65. The minimum Gasteiger partial charge on any atom is -0.314 e. The van der Waals surface area contributed by atoms with Crippen LogP contribution in [0.2, 0.25) is 0 Å². The highest BCUT2D eigenvalue weighted by atomic mass is 16.2. The molecule has 84 valence electrons. The Morgan fingerprint density at radius 3 is 2.94 bits per heavy atom. The van der Waals surface area contributed by atoms with Crippen molar-refractivity contribution in [2.45, 2.75) is 31.5 Å². The van der Waals surface area contributed by atoms with Crippen molar-refractivity contribution in [3.8, 4) is 0 Å². The fourth-order valence-electron chi connectivity index (χ4n) is 2.51. The highest BCUT2D eigenvalue weighted by Gasteiger charge is 2.43. The van der Waals surface area contributed by atoms with Gasteiger partial charge in [-0.15, -0.1) is 0 Å². The van der Waals surface area contributed by atoms with Gasteiger partial charge in [0.2, 0.25) is 0 Å². The number of amidine groups is 1. The Morgan fingerprint density at radius 2 is 2.19 bits per heavy atom. The van der Waals surface area contributed by atoms with Gasteiger partial charge in [-0.25, -0.2) is 15.0 Å². The summed E-state index contributed by atoms with van der Waals surface area (Å²) in [6.07, 6.45) is 5.64. The van der Waals surface area contributed by atoms with Crippen molar-refractivity contribution in [1.29, 1.82) is 0 Å². The van der Waals surface area contributed by atoms with Gasteiger partial charge in [0.15, 0.2) is 17.3 Å². The van der Waals surface area contributed by atoms with Gasteiger partial charge in [0, 0.05) is 5.92 Å². The van der Waals surface area contributed by atoms with E-state index in [9.17, 15) is 4.79 Å². The summed E-state index contributed by atoms with van der Waals surface area (Å²) in [4.78, 5) is 23.9. The Kier molecular flexibility index (Phi) is 1.94. The summed E-state index contributed by atoms with van der Waals surface area (Å²) in [7, 11) is 0. The molecule has 0 radical (unpaired) electrons. The van der Waals surface area contributed by atoms with Gasteiger partial charge in [0.05, 0.1) is 0 Å².